The summed E-state index contributed by atoms with van der Waals surface area (Å²) in [5, 5.41) is 30.2. The van der Waals surface area contributed by atoms with Gasteiger partial charge < -0.3 is 10.6 Å². The third-order valence-corrected chi connectivity index (χ3v) is 6.00. The Bertz CT molecular complexity index is 944. The van der Waals surface area contributed by atoms with E-state index >= 15 is 0 Å². The van der Waals surface area contributed by atoms with Crippen LogP contribution in [0.25, 0.3) is 0 Å². The van der Waals surface area contributed by atoms with Gasteiger partial charge in [0.15, 0.2) is 5.41 Å². The van der Waals surface area contributed by atoms with Gasteiger partial charge in [-0.25, -0.2) is 0 Å². The number of halogens is 2. The Kier molecular flexibility index (Phi) is 4.70. The fraction of sp³-hybridized carbons (Fsp3) is 0.316. The molecule has 1 aliphatic heterocycles. The number of hydrogen-bond acceptors (Lipinski definition) is 5. The van der Waals surface area contributed by atoms with Gasteiger partial charge in [-0.05, 0) is 24.3 Å². The molecular formula is C19H15Cl2N5. The van der Waals surface area contributed by atoms with Gasteiger partial charge in [0, 0.05) is 24.9 Å². The highest BCUT2D eigenvalue weighted by molar-refractivity contribution is 6.42. The summed E-state index contributed by atoms with van der Waals surface area (Å²) >= 11 is 12.6. The first-order valence-electron chi connectivity index (χ1n) is 7.97. The molecule has 0 saturated carbocycles. The molecule has 0 unspecified atom stereocenters. The van der Waals surface area contributed by atoms with E-state index < -0.39 is 11.3 Å². The molecule has 3 rings (SSSR count). The summed E-state index contributed by atoms with van der Waals surface area (Å²) in [5.41, 5.74) is 6.10. The molecule has 26 heavy (non-hydrogen) atoms. The van der Waals surface area contributed by atoms with Crippen LogP contribution in [0.3, 0.4) is 0 Å². The Morgan fingerprint density at radius 1 is 1.23 bits per heavy atom. The highest BCUT2D eigenvalue weighted by Gasteiger charge is 2.54. The number of nitrogens with two attached hydrogens (primary N) is 1. The lowest BCUT2D eigenvalue weighted by molar-refractivity contribution is 0.238. The second kappa shape index (κ2) is 6.67. The molecule has 1 aromatic rings. The largest absolute Gasteiger partial charge is 0.399 e. The highest BCUT2D eigenvalue weighted by Crippen LogP contribution is 2.55. The van der Waals surface area contributed by atoms with E-state index in [-0.39, 0.29) is 17.2 Å². The first kappa shape index (κ1) is 18.3. The molecule has 2 atom stereocenters. The fourth-order valence-corrected chi connectivity index (χ4v) is 4.35. The van der Waals surface area contributed by atoms with Crippen LogP contribution in [0.4, 0.5) is 0 Å². The van der Waals surface area contributed by atoms with Crippen LogP contribution in [0, 0.1) is 45.3 Å². The quantitative estimate of drug-likeness (QED) is 0.800. The van der Waals surface area contributed by atoms with Crippen molar-refractivity contribution in [3.8, 4) is 18.2 Å². The predicted octanol–water partition coefficient (Wildman–Crippen LogP) is 3.35. The van der Waals surface area contributed by atoms with E-state index in [1.165, 1.54) is 0 Å². The van der Waals surface area contributed by atoms with Crippen LogP contribution >= 0.6 is 23.2 Å². The van der Waals surface area contributed by atoms with Crippen molar-refractivity contribution in [3.05, 3.63) is 56.7 Å². The number of nitriles is 3. The van der Waals surface area contributed by atoms with Crippen LogP contribution in [0.15, 0.2) is 41.1 Å². The van der Waals surface area contributed by atoms with E-state index in [2.05, 4.69) is 23.1 Å². The van der Waals surface area contributed by atoms with Crippen molar-refractivity contribution in [3.63, 3.8) is 0 Å². The third kappa shape index (κ3) is 2.47. The molecule has 1 aromatic carbocycles. The summed E-state index contributed by atoms with van der Waals surface area (Å²) in [7, 11) is 1.94. The number of hydrogen-bond donors (Lipinski definition) is 1. The normalized spacial score (nSPS) is 24.7. The molecule has 0 fully saturated rings. The Morgan fingerprint density at radius 3 is 2.54 bits per heavy atom. The standard InChI is InChI=1S/C19H15Cl2N5/c1-26-6-5-11-13(7-22)18(25)19(9-23,10-24)16(14(11)8-26)12-3-2-4-15(20)17(12)21/h2-5,14,16H,6,8,25H2,1H3/t14-,16+/m0/s1. The number of benzene rings is 1. The van der Waals surface area contributed by atoms with Gasteiger partial charge in [-0.3, -0.25) is 0 Å². The molecular weight excluding hydrogens is 369 g/mol. The molecule has 2 N–H and O–H groups in total. The van der Waals surface area contributed by atoms with E-state index in [9.17, 15) is 15.8 Å². The lowest BCUT2D eigenvalue weighted by Crippen LogP contribution is -2.47. The van der Waals surface area contributed by atoms with E-state index in [0.29, 0.717) is 28.7 Å². The van der Waals surface area contributed by atoms with Gasteiger partial charge in [0.05, 0.1) is 33.5 Å². The molecule has 0 saturated heterocycles. The minimum absolute atomic E-state index is 0.0157. The second-order valence-electron chi connectivity index (χ2n) is 6.54. The van der Waals surface area contributed by atoms with E-state index in [4.69, 9.17) is 28.9 Å². The van der Waals surface area contributed by atoms with Crippen molar-refractivity contribution in [2.75, 3.05) is 20.1 Å². The van der Waals surface area contributed by atoms with Crippen molar-refractivity contribution in [2.24, 2.45) is 17.1 Å². The SMILES string of the molecule is CN1CC=C2C(C#N)=C(N)C(C#N)(C#N)[C@H](c3cccc(Cl)c3Cl)[C@H]2C1. The fourth-order valence-electron chi connectivity index (χ4n) is 3.93. The van der Waals surface area contributed by atoms with Crippen molar-refractivity contribution in [2.45, 2.75) is 5.92 Å². The third-order valence-electron chi connectivity index (χ3n) is 5.16. The van der Waals surface area contributed by atoms with Crippen molar-refractivity contribution in [1.82, 2.24) is 4.90 Å². The minimum atomic E-state index is -1.69. The smallest absolute Gasteiger partial charge is 0.191 e. The molecule has 0 aromatic heterocycles. The molecule has 2 aliphatic rings. The summed E-state index contributed by atoms with van der Waals surface area (Å²) in [6.45, 7) is 1.23. The molecule has 0 bridgehead atoms. The molecule has 0 radical (unpaired) electrons. The van der Waals surface area contributed by atoms with Gasteiger partial charge >= 0.3 is 0 Å². The van der Waals surface area contributed by atoms with Gasteiger partial charge in [-0.2, -0.15) is 15.8 Å². The van der Waals surface area contributed by atoms with Gasteiger partial charge in [-0.15, -0.1) is 0 Å². The summed E-state index contributed by atoms with van der Waals surface area (Å²) in [6.07, 6.45) is 1.93. The van der Waals surface area contributed by atoms with E-state index in [1.54, 1.807) is 18.2 Å². The van der Waals surface area contributed by atoms with Crippen molar-refractivity contribution < 1.29 is 0 Å². The maximum Gasteiger partial charge on any atom is 0.191 e. The number of rotatable bonds is 1. The first-order valence-corrected chi connectivity index (χ1v) is 8.72. The zero-order valence-electron chi connectivity index (χ0n) is 14.0. The summed E-state index contributed by atoms with van der Waals surface area (Å²) in [6, 6.07) is 11.4. The average molecular weight is 384 g/mol. The lowest BCUT2D eigenvalue weighted by Gasteiger charge is -2.45. The van der Waals surface area contributed by atoms with Gasteiger partial charge in [0.2, 0.25) is 0 Å². The molecule has 5 nitrogen and oxygen atoms in total. The zero-order chi connectivity index (χ0) is 19.1. The summed E-state index contributed by atoms with van der Waals surface area (Å²) < 4.78 is 0. The predicted molar refractivity (Wildman–Crippen MR) is 98.8 cm³/mol. The first-order chi connectivity index (χ1) is 12.4. The van der Waals surface area contributed by atoms with Gasteiger partial charge in [-0.1, -0.05) is 41.4 Å². The van der Waals surface area contributed by atoms with Crippen LogP contribution in [0.5, 0.6) is 0 Å². The van der Waals surface area contributed by atoms with Crippen molar-refractivity contribution >= 4 is 23.2 Å². The second-order valence-corrected chi connectivity index (χ2v) is 7.33. The monoisotopic (exact) mass is 383 g/mol. The Hall–Kier alpha value is -2.49. The zero-order valence-corrected chi connectivity index (χ0v) is 15.5. The van der Waals surface area contributed by atoms with E-state index in [1.807, 2.05) is 13.1 Å². The van der Waals surface area contributed by atoms with Crippen LogP contribution in [0.2, 0.25) is 10.0 Å². The molecule has 1 aliphatic carbocycles. The number of fused-ring (bicyclic) bond motifs is 1. The molecule has 130 valence electrons. The topological polar surface area (TPSA) is 101 Å². The van der Waals surface area contributed by atoms with E-state index in [0.717, 1.165) is 5.57 Å². The van der Waals surface area contributed by atoms with Crippen LogP contribution in [-0.4, -0.2) is 25.0 Å². The Balaban J connectivity index is 2.39. The molecule has 1 heterocycles. The molecule has 7 heteroatoms. The van der Waals surface area contributed by atoms with Gasteiger partial charge in [0.1, 0.15) is 6.07 Å². The Labute approximate surface area is 162 Å². The maximum atomic E-state index is 9.97. The lowest BCUT2D eigenvalue weighted by atomic mass is 9.58. The Morgan fingerprint density at radius 2 is 1.92 bits per heavy atom. The van der Waals surface area contributed by atoms with Crippen LogP contribution in [-0.2, 0) is 0 Å². The van der Waals surface area contributed by atoms with Gasteiger partial charge in [0.25, 0.3) is 0 Å². The maximum absolute atomic E-state index is 9.97. The minimum Gasteiger partial charge on any atom is -0.399 e. The number of allylic oxidation sites excluding steroid dienone is 2. The van der Waals surface area contributed by atoms with Crippen LogP contribution < -0.4 is 5.73 Å². The van der Waals surface area contributed by atoms with Crippen LogP contribution in [0.1, 0.15) is 11.5 Å². The summed E-state index contributed by atoms with van der Waals surface area (Å²) in [4.78, 5) is 2.07. The average Bonchev–Trinajstić information content (AvgIpc) is 2.64. The number of nitrogens with zero attached hydrogens (tertiary/aromatic N) is 4. The summed E-state index contributed by atoms with van der Waals surface area (Å²) in [5.74, 6) is -0.902. The molecule has 0 amide bonds. The van der Waals surface area contributed by atoms with Crippen molar-refractivity contribution in [1.29, 1.82) is 15.8 Å². The number of likely N-dealkylation sites (N-methyl/N-ethyl adjacent to an activating group) is 1. The molecule has 0 spiro atoms. The highest BCUT2D eigenvalue weighted by atomic mass is 35.5.